The highest BCUT2D eigenvalue weighted by molar-refractivity contribution is 6.09. The number of ketones is 1. The lowest BCUT2D eigenvalue weighted by Gasteiger charge is -2.10. The van der Waals surface area contributed by atoms with Crippen molar-refractivity contribution in [2.45, 2.75) is 33.8 Å². The summed E-state index contributed by atoms with van der Waals surface area (Å²) in [6, 6.07) is 13.2. The lowest BCUT2D eigenvalue weighted by molar-refractivity contribution is 0.103. The summed E-state index contributed by atoms with van der Waals surface area (Å²) < 4.78 is 5.58. The summed E-state index contributed by atoms with van der Waals surface area (Å²) in [5.74, 6) is 0.838. The van der Waals surface area contributed by atoms with Crippen molar-refractivity contribution < 1.29 is 9.53 Å². The van der Waals surface area contributed by atoms with Crippen LogP contribution in [0.15, 0.2) is 42.5 Å². The van der Waals surface area contributed by atoms with E-state index >= 15 is 0 Å². The van der Waals surface area contributed by atoms with Gasteiger partial charge in [-0.3, -0.25) is 4.79 Å². The molecule has 0 amide bonds. The van der Waals surface area contributed by atoms with Gasteiger partial charge in [-0.15, -0.1) is 0 Å². The van der Waals surface area contributed by atoms with Gasteiger partial charge in [-0.05, 0) is 64.1 Å². The first-order valence-electron chi connectivity index (χ1n) is 6.85. The summed E-state index contributed by atoms with van der Waals surface area (Å²) in [6.45, 7) is 7.97. The minimum absolute atomic E-state index is 0.0490. The Labute approximate surface area is 120 Å². The quantitative estimate of drug-likeness (QED) is 0.772. The number of carbonyl (C=O) groups excluding carboxylic acids is 1. The van der Waals surface area contributed by atoms with Gasteiger partial charge >= 0.3 is 0 Å². The third-order valence-corrected chi connectivity index (χ3v) is 2.97. The van der Waals surface area contributed by atoms with E-state index in [1.165, 1.54) is 0 Å². The summed E-state index contributed by atoms with van der Waals surface area (Å²) in [7, 11) is 0. The van der Waals surface area contributed by atoms with Crippen LogP contribution in [0, 0.1) is 13.8 Å². The second-order valence-corrected chi connectivity index (χ2v) is 5.40. The van der Waals surface area contributed by atoms with Crippen LogP contribution in [-0.4, -0.2) is 11.9 Å². The molecule has 0 radical (unpaired) electrons. The lowest BCUT2D eigenvalue weighted by Crippen LogP contribution is -2.06. The van der Waals surface area contributed by atoms with Gasteiger partial charge in [0.05, 0.1) is 6.10 Å². The van der Waals surface area contributed by atoms with Crippen molar-refractivity contribution in [3.8, 4) is 5.75 Å². The van der Waals surface area contributed by atoms with Gasteiger partial charge in [0, 0.05) is 11.1 Å². The molecule has 2 aromatic rings. The predicted octanol–water partition coefficient (Wildman–Crippen LogP) is 4.32. The summed E-state index contributed by atoms with van der Waals surface area (Å²) in [5, 5.41) is 0. The van der Waals surface area contributed by atoms with Gasteiger partial charge in [-0.1, -0.05) is 17.2 Å². The van der Waals surface area contributed by atoms with Crippen molar-refractivity contribution in [1.82, 2.24) is 0 Å². The van der Waals surface area contributed by atoms with E-state index in [0.717, 1.165) is 22.4 Å². The van der Waals surface area contributed by atoms with E-state index in [4.69, 9.17) is 4.74 Å². The van der Waals surface area contributed by atoms with Crippen LogP contribution in [0.25, 0.3) is 0 Å². The fourth-order valence-electron chi connectivity index (χ4n) is 2.23. The Kier molecular flexibility index (Phi) is 4.23. The second kappa shape index (κ2) is 5.91. The molecular weight excluding hydrogens is 248 g/mol. The number of rotatable bonds is 4. The van der Waals surface area contributed by atoms with Crippen LogP contribution in [-0.2, 0) is 0 Å². The first-order valence-corrected chi connectivity index (χ1v) is 6.85. The third-order valence-electron chi connectivity index (χ3n) is 2.97. The van der Waals surface area contributed by atoms with Gasteiger partial charge in [0.2, 0.25) is 0 Å². The first kappa shape index (κ1) is 14.3. The smallest absolute Gasteiger partial charge is 0.193 e. The maximum Gasteiger partial charge on any atom is 0.193 e. The fraction of sp³-hybridized carbons (Fsp3) is 0.278. The summed E-state index contributed by atoms with van der Waals surface area (Å²) >= 11 is 0. The Morgan fingerprint density at radius 2 is 1.45 bits per heavy atom. The van der Waals surface area contributed by atoms with Gasteiger partial charge in [-0.2, -0.15) is 0 Å². The highest BCUT2D eigenvalue weighted by atomic mass is 16.5. The average Bonchev–Trinajstić information content (AvgIpc) is 2.37. The van der Waals surface area contributed by atoms with E-state index in [1.54, 1.807) is 0 Å². The molecule has 20 heavy (non-hydrogen) atoms. The van der Waals surface area contributed by atoms with E-state index in [-0.39, 0.29) is 11.9 Å². The Hall–Kier alpha value is -2.09. The van der Waals surface area contributed by atoms with Crippen LogP contribution in [0.5, 0.6) is 5.75 Å². The van der Waals surface area contributed by atoms with E-state index in [2.05, 4.69) is 6.07 Å². The van der Waals surface area contributed by atoms with E-state index in [9.17, 15) is 4.79 Å². The summed E-state index contributed by atoms with van der Waals surface area (Å²) in [5.41, 5.74) is 3.63. The molecule has 0 aliphatic carbocycles. The normalized spacial score (nSPS) is 10.7. The molecule has 2 heteroatoms. The second-order valence-electron chi connectivity index (χ2n) is 5.40. The molecule has 0 fully saturated rings. The average molecular weight is 268 g/mol. The number of ether oxygens (including phenoxy) is 1. The fourth-order valence-corrected chi connectivity index (χ4v) is 2.23. The van der Waals surface area contributed by atoms with Gasteiger partial charge in [0.1, 0.15) is 5.75 Å². The molecule has 2 nitrogen and oxygen atoms in total. The highest BCUT2D eigenvalue weighted by Crippen LogP contribution is 2.18. The van der Waals surface area contributed by atoms with Crippen LogP contribution in [0.1, 0.15) is 40.9 Å². The zero-order valence-electron chi connectivity index (χ0n) is 12.4. The molecule has 0 saturated heterocycles. The van der Waals surface area contributed by atoms with Crippen molar-refractivity contribution in [1.29, 1.82) is 0 Å². The largest absolute Gasteiger partial charge is 0.491 e. The topological polar surface area (TPSA) is 26.3 Å². The van der Waals surface area contributed by atoms with Crippen molar-refractivity contribution in [3.63, 3.8) is 0 Å². The molecule has 2 rings (SSSR count). The molecule has 0 spiro atoms. The Balaban J connectivity index is 2.24. The molecule has 104 valence electrons. The predicted molar refractivity (Wildman–Crippen MR) is 81.6 cm³/mol. The van der Waals surface area contributed by atoms with E-state index < -0.39 is 0 Å². The minimum Gasteiger partial charge on any atom is -0.491 e. The number of aryl methyl sites for hydroxylation is 2. The lowest BCUT2D eigenvalue weighted by atomic mass is 9.99. The van der Waals surface area contributed by atoms with Crippen molar-refractivity contribution >= 4 is 5.78 Å². The molecule has 0 heterocycles. The number of benzene rings is 2. The molecule has 0 bridgehead atoms. The van der Waals surface area contributed by atoms with Crippen LogP contribution in [0.4, 0.5) is 0 Å². The van der Waals surface area contributed by atoms with Crippen LogP contribution in [0.3, 0.4) is 0 Å². The molecule has 0 unspecified atom stereocenters. The van der Waals surface area contributed by atoms with Gasteiger partial charge in [0.25, 0.3) is 0 Å². The monoisotopic (exact) mass is 268 g/mol. The third kappa shape index (κ3) is 3.47. The van der Waals surface area contributed by atoms with E-state index in [1.807, 2.05) is 64.1 Å². The maximum atomic E-state index is 12.4. The van der Waals surface area contributed by atoms with E-state index in [0.29, 0.717) is 5.56 Å². The molecule has 0 N–H and O–H groups in total. The number of hydrogen-bond acceptors (Lipinski definition) is 2. The van der Waals surface area contributed by atoms with Crippen molar-refractivity contribution in [2.24, 2.45) is 0 Å². The van der Waals surface area contributed by atoms with Gasteiger partial charge < -0.3 is 4.74 Å². The van der Waals surface area contributed by atoms with Crippen molar-refractivity contribution in [3.05, 3.63) is 64.7 Å². The summed E-state index contributed by atoms with van der Waals surface area (Å²) in [6.07, 6.45) is 0.135. The number of hydrogen-bond donors (Lipinski definition) is 0. The zero-order chi connectivity index (χ0) is 14.7. The van der Waals surface area contributed by atoms with Crippen LogP contribution >= 0.6 is 0 Å². The molecule has 0 aliphatic heterocycles. The molecular formula is C18H20O2. The Morgan fingerprint density at radius 1 is 0.900 bits per heavy atom. The number of carbonyl (C=O) groups is 1. The SMILES string of the molecule is Cc1cc(C)cc(C(=O)c2ccc(OC(C)C)cc2)c1. The molecule has 0 atom stereocenters. The zero-order valence-corrected chi connectivity index (χ0v) is 12.4. The van der Waals surface area contributed by atoms with Crippen LogP contribution in [0.2, 0.25) is 0 Å². The van der Waals surface area contributed by atoms with Crippen molar-refractivity contribution in [2.75, 3.05) is 0 Å². The first-order chi connectivity index (χ1) is 9.45. The standard InChI is InChI=1S/C18H20O2/c1-12(2)20-17-7-5-15(6-8-17)18(19)16-10-13(3)9-14(4)11-16/h5-12H,1-4H3. The molecule has 0 aliphatic rings. The maximum absolute atomic E-state index is 12.4. The highest BCUT2D eigenvalue weighted by Gasteiger charge is 2.10. The molecule has 2 aromatic carbocycles. The Bertz CT molecular complexity index is 590. The van der Waals surface area contributed by atoms with Gasteiger partial charge in [-0.25, -0.2) is 0 Å². The molecule has 0 saturated carbocycles. The molecule has 0 aromatic heterocycles. The summed E-state index contributed by atoms with van der Waals surface area (Å²) in [4.78, 5) is 12.4. The van der Waals surface area contributed by atoms with Gasteiger partial charge in [0.15, 0.2) is 5.78 Å². The Morgan fingerprint density at radius 3 is 1.95 bits per heavy atom. The van der Waals surface area contributed by atoms with Crippen LogP contribution < -0.4 is 4.74 Å². The minimum atomic E-state index is 0.0490.